The number of rotatable bonds is 6. The van der Waals surface area contributed by atoms with Gasteiger partial charge in [0.25, 0.3) is 0 Å². The summed E-state index contributed by atoms with van der Waals surface area (Å²) in [7, 11) is 1.95. The molecule has 14 heavy (non-hydrogen) atoms. The molecule has 0 aliphatic heterocycles. The second-order valence-electron chi connectivity index (χ2n) is 3.34. The minimum Gasteiger partial charge on any atom is -0.469 e. The van der Waals surface area contributed by atoms with E-state index in [-0.39, 0.29) is 6.10 Å². The van der Waals surface area contributed by atoms with Crippen LogP contribution in [0.15, 0.2) is 22.8 Å². The molecule has 0 bridgehead atoms. The molecule has 1 N–H and O–H groups in total. The molecular formula is C11H19NO2. The Morgan fingerprint density at radius 1 is 1.57 bits per heavy atom. The van der Waals surface area contributed by atoms with Crippen LogP contribution >= 0.6 is 0 Å². The van der Waals surface area contributed by atoms with E-state index in [1.165, 1.54) is 0 Å². The Morgan fingerprint density at radius 3 is 2.86 bits per heavy atom. The van der Waals surface area contributed by atoms with Crippen LogP contribution in [-0.2, 0) is 11.2 Å². The monoisotopic (exact) mass is 197 g/mol. The minimum absolute atomic E-state index is 0.204. The maximum absolute atomic E-state index is 5.54. The van der Waals surface area contributed by atoms with Gasteiger partial charge in [0, 0.05) is 19.1 Å². The van der Waals surface area contributed by atoms with Gasteiger partial charge >= 0.3 is 0 Å². The zero-order chi connectivity index (χ0) is 10.4. The van der Waals surface area contributed by atoms with Crippen molar-refractivity contribution >= 4 is 0 Å². The van der Waals surface area contributed by atoms with E-state index < -0.39 is 0 Å². The van der Waals surface area contributed by atoms with Crippen LogP contribution in [0.25, 0.3) is 0 Å². The zero-order valence-electron chi connectivity index (χ0n) is 9.12. The standard InChI is InChI=1S/C11H19NO2/c1-4-13-9(2)11(12-3)8-10-6-5-7-14-10/h5-7,9,11-12H,4,8H2,1-3H3. The molecule has 0 radical (unpaired) electrons. The van der Waals surface area contributed by atoms with Gasteiger partial charge in [-0.2, -0.15) is 0 Å². The van der Waals surface area contributed by atoms with Crippen molar-refractivity contribution in [2.24, 2.45) is 0 Å². The van der Waals surface area contributed by atoms with E-state index in [2.05, 4.69) is 12.2 Å². The Balaban J connectivity index is 2.46. The van der Waals surface area contributed by atoms with Gasteiger partial charge in [0.2, 0.25) is 0 Å². The molecule has 0 spiro atoms. The lowest BCUT2D eigenvalue weighted by atomic mass is 10.1. The summed E-state index contributed by atoms with van der Waals surface area (Å²) in [5.74, 6) is 0.996. The average Bonchev–Trinajstić information content (AvgIpc) is 2.66. The molecule has 0 fully saturated rings. The van der Waals surface area contributed by atoms with E-state index in [4.69, 9.17) is 9.15 Å². The second-order valence-corrected chi connectivity index (χ2v) is 3.34. The summed E-state index contributed by atoms with van der Waals surface area (Å²) >= 11 is 0. The maximum Gasteiger partial charge on any atom is 0.105 e. The highest BCUT2D eigenvalue weighted by atomic mass is 16.5. The first-order valence-electron chi connectivity index (χ1n) is 5.09. The van der Waals surface area contributed by atoms with Crippen LogP contribution in [0.2, 0.25) is 0 Å². The van der Waals surface area contributed by atoms with E-state index in [0.29, 0.717) is 6.04 Å². The molecular weight excluding hydrogens is 178 g/mol. The minimum atomic E-state index is 0.204. The molecule has 0 aliphatic carbocycles. The third-order valence-electron chi connectivity index (χ3n) is 2.37. The molecule has 2 unspecified atom stereocenters. The number of likely N-dealkylation sites (N-methyl/N-ethyl adjacent to an activating group) is 1. The first-order chi connectivity index (χ1) is 6.77. The Hall–Kier alpha value is -0.800. The largest absolute Gasteiger partial charge is 0.469 e. The number of hydrogen-bond donors (Lipinski definition) is 1. The Bertz CT molecular complexity index is 233. The third-order valence-corrected chi connectivity index (χ3v) is 2.37. The topological polar surface area (TPSA) is 34.4 Å². The van der Waals surface area contributed by atoms with Gasteiger partial charge in [-0.3, -0.25) is 0 Å². The molecule has 0 saturated carbocycles. The lowest BCUT2D eigenvalue weighted by Crippen LogP contribution is -2.39. The fourth-order valence-corrected chi connectivity index (χ4v) is 1.53. The summed E-state index contributed by atoms with van der Waals surface area (Å²) < 4.78 is 10.8. The lowest BCUT2D eigenvalue weighted by Gasteiger charge is -2.22. The molecule has 3 nitrogen and oxygen atoms in total. The third kappa shape index (κ3) is 3.16. The summed E-state index contributed by atoms with van der Waals surface area (Å²) in [5, 5.41) is 3.24. The van der Waals surface area contributed by atoms with E-state index >= 15 is 0 Å². The SMILES string of the molecule is CCOC(C)C(Cc1ccco1)NC. The quantitative estimate of drug-likeness (QED) is 0.755. The van der Waals surface area contributed by atoms with Gasteiger partial charge in [0.15, 0.2) is 0 Å². The van der Waals surface area contributed by atoms with Gasteiger partial charge in [0.05, 0.1) is 12.4 Å². The molecule has 1 aromatic heterocycles. The molecule has 1 rings (SSSR count). The van der Waals surface area contributed by atoms with Gasteiger partial charge in [-0.25, -0.2) is 0 Å². The van der Waals surface area contributed by atoms with E-state index in [0.717, 1.165) is 18.8 Å². The van der Waals surface area contributed by atoms with Crippen molar-refractivity contribution in [1.82, 2.24) is 5.32 Å². The highest BCUT2D eigenvalue weighted by Gasteiger charge is 2.16. The Labute approximate surface area is 85.4 Å². The summed E-state index contributed by atoms with van der Waals surface area (Å²) in [6.45, 7) is 4.83. The predicted molar refractivity (Wildman–Crippen MR) is 56.3 cm³/mol. The van der Waals surface area contributed by atoms with Crippen molar-refractivity contribution in [2.45, 2.75) is 32.4 Å². The van der Waals surface area contributed by atoms with Gasteiger partial charge in [-0.1, -0.05) is 0 Å². The van der Waals surface area contributed by atoms with Gasteiger partial charge in [-0.15, -0.1) is 0 Å². The summed E-state index contributed by atoms with van der Waals surface area (Å²) in [6.07, 6.45) is 2.77. The van der Waals surface area contributed by atoms with Crippen molar-refractivity contribution in [3.8, 4) is 0 Å². The van der Waals surface area contributed by atoms with Crippen LogP contribution < -0.4 is 5.32 Å². The molecule has 3 heteroatoms. The van der Waals surface area contributed by atoms with Crippen LogP contribution in [0.4, 0.5) is 0 Å². The smallest absolute Gasteiger partial charge is 0.105 e. The van der Waals surface area contributed by atoms with Crippen molar-refractivity contribution < 1.29 is 9.15 Å². The highest BCUT2D eigenvalue weighted by molar-refractivity contribution is 5.01. The van der Waals surface area contributed by atoms with Crippen LogP contribution in [0, 0.1) is 0 Å². The van der Waals surface area contributed by atoms with Crippen molar-refractivity contribution in [1.29, 1.82) is 0 Å². The second kappa shape index (κ2) is 5.83. The van der Waals surface area contributed by atoms with E-state index in [1.54, 1.807) is 6.26 Å². The van der Waals surface area contributed by atoms with Crippen molar-refractivity contribution in [3.05, 3.63) is 24.2 Å². The molecule has 0 amide bonds. The lowest BCUT2D eigenvalue weighted by molar-refractivity contribution is 0.0483. The molecule has 80 valence electrons. The summed E-state index contributed by atoms with van der Waals surface area (Å²) in [6, 6.07) is 4.21. The zero-order valence-corrected chi connectivity index (χ0v) is 9.12. The van der Waals surface area contributed by atoms with E-state index in [1.807, 2.05) is 26.1 Å². The van der Waals surface area contributed by atoms with Crippen molar-refractivity contribution in [2.75, 3.05) is 13.7 Å². The van der Waals surface area contributed by atoms with Gasteiger partial charge in [0.1, 0.15) is 5.76 Å². The molecule has 0 saturated heterocycles. The van der Waals surface area contributed by atoms with Crippen LogP contribution in [-0.4, -0.2) is 25.8 Å². The number of hydrogen-bond acceptors (Lipinski definition) is 3. The van der Waals surface area contributed by atoms with Crippen LogP contribution in [0.1, 0.15) is 19.6 Å². The number of ether oxygens (including phenoxy) is 1. The molecule has 1 aromatic rings. The van der Waals surface area contributed by atoms with Crippen LogP contribution in [0.3, 0.4) is 0 Å². The molecule has 1 heterocycles. The maximum atomic E-state index is 5.54. The molecule has 2 atom stereocenters. The Morgan fingerprint density at radius 2 is 2.36 bits per heavy atom. The molecule has 0 aromatic carbocycles. The fraction of sp³-hybridized carbons (Fsp3) is 0.636. The highest BCUT2D eigenvalue weighted by Crippen LogP contribution is 2.08. The number of furan rings is 1. The fourth-order valence-electron chi connectivity index (χ4n) is 1.53. The van der Waals surface area contributed by atoms with Crippen molar-refractivity contribution in [3.63, 3.8) is 0 Å². The normalized spacial score (nSPS) is 15.4. The first kappa shape index (κ1) is 11.3. The first-order valence-corrected chi connectivity index (χ1v) is 5.09. The molecule has 0 aliphatic rings. The predicted octanol–water partition coefficient (Wildman–Crippen LogP) is 1.84. The van der Waals surface area contributed by atoms with Gasteiger partial charge < -0.3 is 14.5 Å². The summed E-state index contributed by atoms with van der Waals surface area (Å²) in [4.78, 5) is 0. The van der Waals surface area contributed by atoms with Gasteiger partial charge in [-0.05, 0) is 33.0 Å². The van der Waals surface area contributed by atoms with E-state index in [9.17, 15) is 0 Å². The average molecular weight is 197 g/mol. The summed E-state index contributed by atoms with van der Waals surface area (Å²) in [5.41, 5.74) is 0. The number of nitrogens with one attached hydrogen (secondary N) is 1. The Kier molecular flexibility index (Phi) is 4.70. The van der Waals surface area contributed by atoms with Crippen LogP contribution in [0.5, 0.6) is 0 Å².